The van der Waals surface area contributed by atoms with Crippen molar-refractivity contribution in [3.05, 3.63) is 29.8 Å². The molecule has 1 saturated heterocycles. The first-order valence-electron chi connectivity index (χ1n) is 9.36. The van der Waals surface area contributed by atoms with Gasteiger partial charge in [0.25, 0.3) is 5.91 Å². The molecule has 2 amide bonds. The van der Waals surface area contributed by atoms with Crippen LogP contribution in [0.1, 0.15) is 58.1 Å². The summed E-state index contributed by atoms with van der Waals surface area (Å²) in [6.45, 7) is 7.67. The number of amides is 2. The standard InChI is InChI=1S/C20H30N2O3/c1-4-15(3)20(24)21-17(5-2)16-10-6-7-11-18(16)25-14-19(23)22-12-8-9-13-22/h6-7,10-11,15,17H,4-5,8-9,12-14H2,1-3H3,(H,21,24). The first-order chi connectivity index (χ1) is 12.1. The fourth-order valence-corrected chi connectivity index (χ4v) is 3.00. The Balaban J connectivity index is 2.04. The van der Waals surface area contributed by atoms with Crippen LogP contribution in [0.15, 0.2) is 24.3 Å². The average molecular weight is 346 g/mol. The Morgan fingerprint density at radius 3 is 2.48 bits per heavy atom. The summed E-state index contributed by atoms with van der Waals surface area (Å²) in [5.41, 5.74) is 0.927. The zero-order valence-electron chi connectivity index (χ0n) is 15.6. The molecule has 5 nitrogen and oxygen atoms in total. The summed E-state index contributed by atoms with van der Waals surface area (Å²) in [5.74, 6) is 0.742. The smallest absolute Gasteiger partial charge is 0.260 e. The molecule has 0 radical (unpaired) electrons. The lowest BCUT2D eigenvalue weighted by Gasteiger charge is -2.23. The second-order valence-electron chi connectivity index (χ2n) is 6.69. The molecule has 1 N–H and O–H groups in total. The highest BCUT2D eigenvalue weighted by atomic mass is 16.5. The molecule has 1 heterocycles. The lowest BCUT2D eigenvalue weighted by molar-refractivity contribution is -0.132. The molecule has 0 spiro atoms. The first kappa shape index (κ1) is 19.3. The third-order valence-electron chi connectivity index (χ3n) is 4.89. The van der Waals surface area contributed by atoms with Gasteiger partial charge in [0.05, 0.1) is 6.04 Å². The van der Waals surface area contributed by atoms with Crippen molar-refractivity contribution in [1.29, 1.82) is 0 Å². The second-order valence-corrected chi connectivity index (χ2v) is 6.69. The molecule has 2 unspecified atom stereocenters. The van der Waals surface area contributed by atoms with E-state index in [1.54, 1.807) is 0 Å². The molecule has 0 aliphatic carbocycles. The third-order valence-corrected chi connectivity index (χ3v) is 4.89. The Hall–Kier alpha value is -2.04. The molecular formula is C20H30N2O3. The Morgan fingerprint density at radius 1 is 1.16 bits per heavy atom. The van der Waals surface area contributed by atoms with Crippen LogP contribution in [-0.4, -0.2) is 36.4 Å². The highest BCUT2D eigenvalue weighted by Gasteiger charge is 2.21. The summed E-state index contributed by atoms with van der Waals surface area (Å²) in [7, 11) is 0. The van der Waals surface area contributed by atoms with E-state index < -0.39 is 0 Å². The molecular weight excluding hydrogens is 316 g/mol. The van der Waals surface area contributed by atoms with Crippen LogP contribution in [0.2, 0.25) is 0 Å². The van der Waals surface area contributed by atoms with Gasteiger partial charge in [0, 0.05) is 24.6 Å². The predicted molar refractivity (Wildman–Crippen MR) is 98.4 cm³/mol. The van der Waals surface area contributed by atoms with Crippen LogP contribution in [0.3, 0.4) is 0 Å². The van der Waals surface area contributed by atoms with Crippen molar-refractivity contribution in [2.75, 3.05) is 19.7 Å². The minimum atomic E-state index is -0.111. The fourth-order valence-electron chi connectivity index (χ4n) is 3.00. The predicted octanol–water partition coefficient (Wildman–Crippen LogP) is 3.30. The minimum Gasteiger partial charge on any atom is -0.483 e. The molecule has 1 fully saturated rings. The molecule has 25 heavy (non-hydrogen) atoms. The number of hydrogen-bond acceptors (Lipinski definition) is 3. The lowest BCUT2D eigenvalue weighted by atomic mass is 10.0. The van der Waals surface area contributed by atoms with E-state index in [0.717, 1.165) is 44.3 Å². The molecule has 0 aromatic heterocycles. The maximum atomic E-state index is 12.3. The minimum absolute atomic E-state index is 0.0149. The van der Waals surface area contributed by atoms with Gasteiger partial charge in [-0.25, -0.2) is 0 Å². The third kappa shape index (κ3) is 5.21. The Labute approximate surface area is 150 Å². The van der Waals surface area contributed by atoms with Gasteiger partial charge < -0.3 is 15.0 Å². The highest BCUT2D eigenvalue weighted by molar-refractivity contribution is 5.79. The van der Waals surface area contributed by atoms with Gasteiger partial charge in [0.2, 0.25) is 5.91 Å². The number of nitrogens with zero attached hydrogens (tertiary/aromatic N) is 1. The number of carbonyl (C=O) groups is 2. The Morgan fingerprint density at radius 2 is 1.84 bits per heavy atom. The van der Waals surface area contributed by atoms with Gasteiger partial charge in [-0.3, -0.25) is 9.59 Å². The summed E-state index contributed by atoms with van der Waals surface area (Å²) in [6.07, 6.45) is 3.72. The van der Waals surface area contributed by atoms with Crippen LogP contribution in [0.4, 0.5) is 0 Å². The Bertz CT molecular complexity index is 582. The van der Waals surface area contributed by atoms with E-state index in [1.807, 2.05) is 49.9 Å². The number of likely N-dealkylation sites (tertiary alicyclic amines) is 1. The number of benzene rings is 1. The van der Waals surface area contributed by atoms with Gasteiger partial charge in [-0.2, -0.15) is 0 Å². The van der Waals surface area contributed by atoms with Crippen molar-refractivity contribution in [3.8, 4) is 5.75 Å². The van der Waals surface area contributed by atoms with Crippen molar-refractivity contribution < 1.29 is 14.3 Å². The average Bonchev–Trinajstić information content (AvgIpc) is 3.18. The first-order valence-corrected chi connectivity index (χ1v) is 9.36. The summed E-state index contributed by atoms with van der Waals surface area (Å²) in [6, 6.07) is 7.54. The van der Waals surface area contributed by atoms with Gasteiger partial charge in [0.15, 0.2) is 6.61 Å². The van der Waals surface area contributed by atoms with Gasteiger partial charge in [-0.15, -0.1) is 0 Å². The molecule has 1 aliphatic rings. The van der Waals surface area contributed by atoms with E-state index in [0.29, 0.717) is 5.75 Å². The van der Waals surface area contributed by atoms with E-state index in [1.165, 1.54) is 0 Å². The van der Waals surface area contributed by atoms with E-state index >= 15 is 0 Å². The number of ether oxygens (including phenoxy) is 1. The summed E-state index contributed by atoms with van der Waals surface area (Å²) < 4.78 is 5.82. The number of para-hydroxylation sites is 1. The lowest BCUT2D eigenvalue weighted by Crippen LogP contribution is -2.34. The molecule has 138 valence electrons. The molecule has 0 saturated carbocycles. The fraction of sp³-hybridized carbons (Fsp3) is 0.600. The molecule has 2 atom stereocenters. The quantitative estimate of drug-likeness (QED) is 0.786. The maximum absolute atomic E-state index is 12.3. The van der Waals surface area contributed by atoms with Crippen molar-refractivity contribution in [1.82, 2.24) is 10.2 Å². The topological polar surface area (TPSA) is 58.6 Å². The number of hydrogen-bond donors (Lipinski definition) is 1. The normalized spacial score (nSPS) is 16.4. The number of nitrogens with one attached hydrogen (secondary N) is 1. The van der Waals surface area contributed by atoms with Crippen LogP contribution in [0.5, 0.6) is 5.75 Å². The van der Waals surface area contributed by atoms with Crippen LogP contribution >= 0.6 is 0 Å². The zero-order valence-corrected chi connectivity index (χ0v) is 15.6. The molecule has 1 aromatic carbocycles. The monoisotopic (exact) mass is 346 g/mol. The van der Waals surface area contributed by atoms with Crippen LogP contribution in [0.25, 0.3) is 0 Å². The summed E-state index contributed by atoms with van der Waals surface area (Å²) >= 11 is 0. The van der Waals surface area contributed by atoms with E-state index in [-0.39, 0.29) is 30.4 Å². The van der Waals surface area contributed by atoms with Crippen molar-refractivity contribution in [2.45, 2.75) is 52.5 Å². The van der Waals surface area contributed by atoms with Gasteiger partial charge in [-0.05, 0) is 31.7 Å². The van der Waals surface area contributed by atoms with Gasteiger partial charge in [0.1, 0.15) is 5.75 Å². The molecule has 0 bridgehead atoms. The molecule has 1 aromatic rings. The highest BCUT2D eigenvalue weighted by Crippen LogP contribution is 2.27. The van der Waals surface area contributed by atoms with Crippen molar-refractivity contribution in [2.24, 2.45) is 5.92 Å². The summed E-state index contributed by atoms with van der Waals surface area (Å²) in [4.78, 5) is 26.3. The zero-order chi connectivity index (χ0) is 18.2. The molecule has 5 heteroatoms. The molecule has 1 aliphatic heterocycles. The van der Waals surface area contributed by atoms with E-state index in [9.17, 15) is 9.59 Å². The van der Waals surface area contributed by atoms with Crippen LogP contribution in [-0.2, 0) is 9.59 Å². The Kier molecular flexibility index (Phi) is 7.29. The summed E-state index contributed by atoms with van der Waals surface area (Å²) in [5, 5.41) is 3.10. The SMILES string of the molecule is CCC(C)C(=O)NC(CC)c1ccccc1OCC(=O)N1CCCC1. The van der Waals surface area contributed by atoms with Gasteiger partial charge in [-0.1, -0.05) is 39.0 Å². The van der Waals surface area contributed by atoms with Crippen molar-refractivity contribution >= 4 is 11.8 Å². The largest absolute Gasteiger partial charge is 0.483 e. The van der Waals surface area contributed by atoms with Gasteiger partial charge >= 0.3 is 0 Å². The van der Waals surface area contributed by atoms with E-state index in [2.05, 4.69) is 5.32 Å². The van der Waals surface area contributed by atoms with Crippen molar-refractivity contribution in [3.63, 3.8) is 0 Å². The second kappa shape index (κ2) is 9.44. The maximum Gasteiger partial charge on any atom is 0.260 e. The van der Waals surface area contributed by atoms with E-state index in [4.69, 9.17) is 4.74 Å². The van der Waals surface area contributed by atoms with Crippen LogP contribution < -0.4 is 10.1 Å². The van der Waals surface area contributed by atoms with Crippen LogP contribution in [0, 0.1) is 5.92 Å². The number of rotatable bonds is 8. The number of carbonyl (C=O) groups excluding carboxylic acids is 2. The molecule has 2 rings (SSSR count).